The van der Waals surface area contributed by atoms with Gasteiger partial charge in [0.05, 0.1) is 0 Å². The molecule has 1 aromatic carbocycles. The summed E-state index contributed by atoms with van der Waals surface area (Å²) in [4.78, 5) is 13.8. The number of aromatic hydroxyl groups is 1. The predicted molar refractivity (Wildman–Crippen MR) is 67.3 cm³/mol. The molecule has 0 radical (unpaired) electrons. The standard InChI is InChI=1S/C13H18N2O2/c1-10-9-11(5-6-12(10)16)14-13(17)15-7-3-2-4-8-15/h5-6,9,16H,2-4,7-8H2,1H3,(H,14,17). The number of nitrogens with one attached hydrogen (secondary N) is 1. The predicted octanol–water partition coefficient (Wildman–Crippen LogP) is 2.72. The fraction of sp³-hybridized carbons (Fsp3) is 0.462. The quantitative estimate of drug-likeness (QED) is 0.734. The summed E-state index contributed by atoms with van der Waals surface area (Å²) < 4.78 is 0. The van der Waals surface area contributed by atoms with Gasteiger partial charge in [-0.25, -0.2) is 4.79 Å². The first kappa shape index (κ1) is 11.8. The molecule has 2 N–H and O–H groups in total. The lowest BCUT2D eigenvalue weighted by Crippen LogP contribution is -2.38. The van der Waals surface area contributed by atoms with Gasteiger partial charge in [0, 0.05) is 18.8 Å². The minimum Gasteiger partial charge on any atom is -0.508 e. The van der Waals surface area contributed by atoms with Crippen molar-refractivity contribution in [1.29, 1.82) is 0 Å². The van der Waals surface area contributed by atoms with E-state index in [4.69, 9.17) is 0 Å². The SMILES string of the molecule is Cc1cc(NC(=O)N2CCCCC2)ccc1O. The Bertz CT molecular complexity index is 412. The second-order valence-electron chi connectivity index (χ2n) is 4.48. The number of amides is 2. The Hall–Kier alpha value is -1.71. The van der Waals surface area contributed by atoms with E-state index in [1.54, 1.807) is 18.2 Å². The summed E-state index contributed by atoms with van der Waals surface area (Å²) in [5.41, 5.74) is 1.50. The number of phenols is 1. The van der Waals surface area contributed by atoms with E-state index in [0.29, 0.717) is 0 Å². The number of anilines is 1. The minimum atomic E-state index is -0.0465. The smallest absolute Gasteiger partial charge is 0.321 e. The minimum absolute atomic E-state index is 0.0465. The maximum Gasteiger partial charge on any atom is 0.321 e. The number of carbonyl (C=O) groups excluding carboxylic acids is 1. The second-order valence-corrected chi connectivity index (χ2v) is 4.48. The van der Waals surface area contributed by atoms with Crippen molar-refractivity contribution < 1.29 is 9.90 Å². The molecular weight excluding hydrogens is 216 g/mol. The highest BCUT2D eigenvalue weighted by Gasteiger charge is 2.16. The molecular formula is C13H18N2O2. The van der Waals surface area contributed by atoms with Gasteiger partial charge in [-0.1, -0.05) is 0 Å². The Labute approximate surface area is 101 Å². The molecule has 1 aliphatic rings. The summed E-state index contributed by atoms with van der Waals surface area (Å²) in [6.07, 6.45) is 3.38. The third-order valence-electron chi connectivity index (χ3n) is 3.09. The van der Waals surface area contributed by atoms with Crippen LogP contribution in [0.25, 0.3) is 0 Å². The number of aryl methyl sites for hydroxylation is 1. The Kier molecular flexibility index (Phi) is 3.52. The molecule has 2 amide bonds. The molecule has 4 nitrogen and oxygen atoms in total. The van der Waals surface area contributed by atoms with Gasteiger partial charge in [0.1, 0.15) is 5.75 Å². The topological polar surface area (TPSA) is 52.6 Å². The Morgan fingerprint density at radius 3 is 2.65 bits per heavy atom. The molecule has 0 unspecified atom stereocenters. The first-order valence-electron chi connectivity index (χ1n) is 6.02. The molecule has 17 heavy (non-hydrogen) atoms. The van der Waals surface area contributed by atoms with E-state index in [0.717, 1.165) is 37.2 Å². The van der Waals surface area contributed by atoms with Gasteiger partial charge >= 0.3 is 6.03 Å². The maximum absolute atomic E-state index is 11.9. The van der Waals surface area contributed by atoms with Gasteiger partial charge in [-0.15, -0.1) is 0 Å². The van der Waals surface area contributed by atoms with Crippen molar-refractivity contribution in [2.24, 2.45) is 0 Å². The van der Waals surface area contributed by atoms with E-state index < -0.39 is 0 Å². The lowest BCUT2D eigenvalue weighted by molar-refractivity contribution is 0.200. The van der Waals surface area contributed by atoms with Gasteiger partial charge < -0.3 is 15.3 Å². The number of hydrogen-bond acceptors (Lipinski definition) is 2. The van der Waals surface area contributed by atoms with E-state index >= 15 is 0 Å². The zero-order chi connectivity index (χ0) is 12.3. The lowest BCUT2D eigenvalue weighted by atomic mass is 10.1. The number of likely N-dealkylation sites (tertiary alicyclic amines) is 1. The van der Waals surface area contributed by atoms with Gasteiger partial charge in [0.2, 0.25) is 0 Å². The third-order valence-corrected chi connectivity index (χ3v) is 3.09. The normalized spacial score (nSPS) is 15.7. The van der Waals surface area contributed by atoms with Crippen LogP contribution >= 0.6 is 0 Å². The molecule has 0 spiro atoms. The van der Waals surface area contributed by atoms with Crippen molar-refractivity contribution in [3.63, 3.8) is 0 Å². The van der Waals surface area contributed by atoms with Gasteiger partial charge in [-0.2, -0.15) is 0 Å². The number of piperidine rings is 1. The molecule has 92 valence electrons. The molecule has 2 rings (SSSR count). The zero-order valence-electron chi connectivity index (χ0n) is 10.1. The zero-order valence-corrected chi connectivity index (χ0v) is 10.1. The van der Waals surface area contributed by atoms with E-state index in [9.17, 15) is 9.90 Å². The van der Waals surface area contributed by atoms with Gasteiger partial charge in [0.15, 0.2) is 0 Å². The number of phenolic OH excluding ortho intramolecular Hbond substituents is 1. The van der Waals surface area contributed by atoms with Crippen LogP contribution in [0.1, 0.15) is 24.8 Å². The number of urea groups is 1. The molecule has 0 saturated carbocycles. The van der Waals surface area contributed by atoms with Crippen LogP contribution in [0.5, 0.6) is 5.75 Å². The van der Waals surface area contributed by atoms with Crippen LogP contribution < -0.4 is 5.32 Å². The molecule has 1 saturated heterocycles. The highest BCUT2D eigenvalue weighted by molar-refractivity contribution is 5.89. The average Bonchev–Trinajstić information content (AvgIpc) is 2.35. The fourth-order valence-corrected chi connectivity index (χ4v) is 2.03. The van der Waals surface area contributed by atoms with Crippen molar-refractivity contribution >= 4 is 11.7 Å². The van der Waals surface area contributed by atoms with Crippen molar-refractivity contribution in [2.45, 2.75) is 26.2 Å². The van der Waals surface area contributed by atoms with Crippen LogP contribution in [0.2, 0.25) is 0 Å². The first-order valence-corrected chi connectivity index (χ1v) is 6.02. The molecule has 0 aromatic heterocycles. The molecule has 0 bridgehead atoms. The van der Waals surface area contributed by atoms with Crippen LogP contribution in [0.15, 0.2) is 18.2 Å². The summed E-state index contributed by atoms with van der Waals surface area (Å²) in [6, 6.07) is 5.04. The monoisotopic (exact) mass is 234 g/mol. The molecule has 1 aromatic rings. The van der Waals surface area contributed by atoms with Gasteiger partial charge in [0.25, 0.3) is 0 Å². The summed E-state index contributed by atoms with van der Waals surface area (Å²) in [6.45, 7) is 3.48. The van der Waals surface area contributed by atoms with Gasteiger partial charge in [-0.05, 0) is 49.9 Å². The highest BCUT2D eigenvalue weighted by atomic mass is 16.3. The molecule has 0 aliphatic carbocycles. The van der Waals surface area contributed by atoms with Crippen LogP contribution in [-0.4, -0.2) is 29.1 Å². The maximum atomic E-state index is 11.9. The summed E-state index contributed by atoms with van der Waals surface area (Å²) in [5, 5.41) is 12.3. The Morgan fingerprint density at radius 1 is 1.29 bits per heavy atom. The third kappa shape index (κ3) is 2.90. The summed E-state index contributed by atoms with van der Waals surface area (Å²) >= 11 is 0. The number of nitrogens with zero attached hydrogens (tertiary/aromatic N) is 1. The largest absolute Gasteiger partial charge is 0.508 e. The number of benzene rings is 1. The van der Waals surface area contributed by atoms with Crippen LogP contribution in [0, 0.1) is 6.92 Å². The molecule has 1 aliphatic heterocycles. The lowest BCUT2D eigenvalue weighted by Gasteiger charge is -2.26. The summed E-state index contributed by atoms with van der Waals surface area (Å²) in [7, 11) is 0. The number of rotatable bonds is 1. The molecule has 4 heteroatoms. The van der Waals surface area contributed by atoms with Crippen molar-refractivity contribution in [1.82, 2.24) is 4.90 Å². The second kappa shape index (κ2) is 5.08. The number of carbonyl (C=O) groups is 1. The van der Waals surface area contributed by atoms with Crippen molar-refractivity contribution in [2.75, 3.05) is 18.4 Å². The first-order chi connectivity index (χ1) is 8.16. The van der Waals surface area contributed by atoms with E-state index in [1.165, 1.54) is 6.42 Å². The van der Waals surface area contributed by atoms with Crippen molar-refractivity contribution in [3.05, 3.63) is 23.8 Å². The Morgan fingerprint density at radius 2 is 2.00 bits per heavy atom. The molecule has 1 heterocycles. The average molecular weight is 234 g/mol. The van der Waals surface area contributed by atoms with E-state index in [2.05, 4.69) is 5.32 Å². The highest BCUT2D eigenvalue weighted by Crippen LogP contribution is 2.20. The van der Waals surface area contributed by atoms with E-state index in [-0.39, 0.29) is 11.8 Å². The van der Waals surface area contributed by atoms with Crippen LogP contribution in [-0.2, 0) is 0 Å². The van der Waals surface area contributed by atoms with Crippen molar-refractivity contribution in [3.8, 4) is 5.75 Å². The fourth-order valence-electron chi connectivity index (χ4n) is 2.03. The van der Waals surface area contributed by atoms with Crippen LogP contribution in [0.3, 0.4) is 0 Å². The summed E-state index contributed by atoms with van der Waals surface area (Å²) in [5.74, 6) is 0.251. The van der Waals surface area contributed by atoms with E-state index in [1.807, 2.05) is 11.8 Å². The molecule has 0 atom stereocenters. The molecule has 1 fully saturated rings. The number of hydrogen-bond donors (Lipinski definition) is 2. The van der Waals surface area contributed by atoms with Gasteiger partial charge in [-0.3, -0.25) is 0 Å². The Balaban J connectivity index is 1.99. The van der Waals surface area contributed by atoms with Crippen LogP contribution in [0.4, 0.5) is 10.5 Å².